The van der Waals surface area contributed by atoms with Crippen LogP contribution in [-0.2, 0) is 23.7 Å². The van der Waals surface area contributed by atoms with Crippen LogP contribution in [0.1, 0.15) is 200 Å². The van der Waals surface area contributed by atoms with E-state index in [1.165, 1.54) is 141 Å². The van der Waals surface area contributed by atoms with Crippen molar-refractivity contribution in [3.05, 3.63) is 12.2 Å². The lowest BCUT2D eigenvalue weighted by atomic mass is 9.99. The Morgan fingerprint density at radius 2 is 1.06 bits per heavy atom. The van der Waals surface area contributed by atoms with Crippen LogP contribution >= 0.6 is 0 Å². The van der Waals surface area contributed by atoms with E-state index in [-0.39, 0.29) is 19.2 Å². The maximum atomic E-state index is 12.8. The highest BCUT2D eigenvalue weighted by molar-refractivity contribution is 5.69. The molecule has 0 spiro atoms. The van der Waals surface area contributed by atoms with E-state index in [9.17, 15) is 25.2 Å². The molecule has 314 valence electrons. The second-order valence-electron chi connectivity index (χ2n) is 15.5. The van der Waals surface area contributed by atoms with Crippen molar-refractivity contribution in [2.24, 2.45) is 0 Å². The minimum absolute atomic E-state index is 0.111. The standard InChI is InChI=1S/C44H84O9/c1-3-5-7-9-11-13-15-17-18-19-20-21-22-23-25-27-29-31-33-40(46)52-38(37-51-44-43(49)42(48)41(47)39(35-45)53-44)36-50-34-32-30-28-26-24-16-14-12-10-8-6-4-2/h10,12,38-39,41-45,47-49H,3-9,11,13-37H2,1-2H3/b12-10-. The minimum Gasteiger partial charge on any atom is -0.457 e. The Morgan fingerprint density at radius 1 is 0.585 bits per heavy atom. The number of carbonyl (C=O) groups is 1. The molecule has 0 aliphatic carbocycles. The minimum atomic E-state index is -1.53. The first-order valence-corrected chi connectivity index (χ1v) is 22.3. The molecule has 4 N–H and O–H groups in total. The van der Waals surface area contributed by atoms with Crippen LogP contribution in [0.3, 0.4) is 0 Å². The number of esters is 1. The third kappa shape index (κ3) is 28.1. The lowest BCUT2D eigenvalue weighted by molar-refractivity contribution is -0.305. The monoisotopic (exact) mass is 757 g/mol. The molecule has 0 aromatic carbocycles. The first-order chi connectivity index (χ1) is 25.9. The fraction of sp³-hybridized carbons (Fsp3) is 0.932. The summed E-state index contributed by atoms with van der Waals surface area (Å²) < 4.78 is 22.8. The van der Waals surface area contributed by atoms with Crippen LogP contribution in [0.5, 0.6) is 0 Å². The summed E-state index contributed by atoms with van der Waals surface area (Å²) in [6.07, 6.45) is 32.4. The molecule has 0 aromatic heterocycles. The molecule has 1 rings (SSSR count). The number of aliphatic hydroxyl groups is 4. The fourth-order valence-electron chi connectivity index (χ4n) is 6.89. The van der Waals surface area contributed by atoms with E-state index >= 15 is 0 Å². The van der Waals surface area contributed by atoms with Gasteiger partial charge in [-0.15, -0.1) is 0 Å². The first-order valence-electron chi connectivity index (χ1n) is 22.3. The molecule has 6 unspecified atom stereocenters. The molecule has 0 amide bonds. The lowest BCUT2D eigenvalue weighted by Gasteiger charge is -2.39. The summed E-state index contributed by atoms with van der Waals surface area (Å²) in [5.74, 6) is -0.312. The second-order valence-corrected chi connectivity index (χ2v) is 15.5. The molecular formula is C44H84O9. The molecule has 53 heavy (non-hydrogen) atoms. The molecule has 1 fully saturated rings. The van der Waals surface area contributed by atoms with Crippen molar-refractivity contribution in [2.45, 2.75) is 237 Å². The maximum absolute atomic E-state index is 12.8. The zero-order valence-electron chi connectivity index (χ0n) is 34.3. The van der Waals surface area contributed by atoms with Gasteiger partial charge in [0.25, 0.3) is 0 Å². The van der Waals surface area contributed by atoms with Crippen LogP contribution in [0.25, 0.3) is 0 Å². The van der Waals surface area contributed by atoms with E-state index in [2.05, 4.69) is 26.0 Å². The van der Waals surface area contributed by atoms with E-state index in [1.54, 1.807) is 0 Å². The number of rotatable bonds is 38. The molecule has 0 aromatic rings. The number of ether oxygens (including phenoxy) is 4. The number of unbranched alkanes of at least 4 members (excludes halogenated alkanes) is 25. The Bertz CT molecular complexity index is 823. The second kappa shape index (κ2) is 36.6. The topological polar surface area (TPSA) is 135 Å². The predicted molar refractivity (Wildman–Crippen MR) is 215 cm³/mol. The summed E-state index contributed by atoms with van der Waals surface area (Å²) >= 11 is 0. The van der Waals surface area contributed by atoms with Crippen molar-refractivity contribution < 1.29 is 44.2 Å². The summed E-state index contributed by atoms with van der Waals surface area (Å²) in [7, 11) is 0. The SMILES string of the molecule is CCCC/C=C\CCCCCCCCOCC(COC1OC(CO)C(O)C(O)C1O)OC(=O)CCCCCCCCCCCCCCCCCCCC. The number of allylic oxidation sites excluding steroid dienone is 2. The van der Waals surface area contributed by atoms with Gasteiger partial charge < -0.3 is 39.4 Å². The van der Waals surface area contributed by atoms with Crippen molar-refractivity contribution >= 4 is 5.97 Å². The van der Waals surface area contributed by atoms with Gasteiger partial charge in [-0.2, -0.15) is 0 Å². The molecule has 1 saturated heterocycles. The van der Waals surface area contributed by atoms with Gasteiger partial charge in [-0.3, -0.25) is 4.79 Å². The van der Waals surface area contributed by atoms with E-state index in [1.807, 2.05) is 0 Å². The third-order valence-corrected chi connectivity index (χ3v) is 10.4. The Morgan fingerprint density at radius 3 is 1.58 bits per heavy atom. The van der Waals surface area contributed by atoms with Gasteiger partial charge in [-0.05, 0) is 32.1 Å². The molecule has 1 aliphatic heterocycles. The van der Waals surface area contributed by atoms with E-state index in [0.717, 1.165) is 38.5 Å². The van der Waals surface area contributed by atoms with E-state index in [4.69, 9.17) is 18.9 Å². The van der Waals surface area contributed by atoms with Crippen LogP contribution < -0.4 is 0 Å². The number of hydrogen-bond acceptors (Lipinski definition) is 9. The van der Waals surface area contributed by atoms with Gasteiger partial charge in [-0.25, -0.2) is 0 Å². The van der Waals surface area contributed by atoms with Gasteiger partial charge in [0.15, 0.2) is 6.29 Å². The van der Waals surface area contributed by atoms with Crippen molar-refractivity contribution in [3.8, 4) is 0 Å². The van der Waals surface area contributed by atoms with Gasteiger partial charge in [0.05, 0.1) is 19.8 Å². The van der Waals surface area contributed by atoms with Crippen molar-refractivity contribution in [1.29, 1.82) is 0 Å². The zero-order chi connectivity index (χ0) is 38.6. The van der Waals surface area contributed by atoms with Crippen molar-refractivity contribution in [1.82, 2.24) is 0 Å². The largest absolute Gasteiger partial charge is 0.457 e. The maximum Gasteiger partial charge on any atom is 0.306 e. The highest BCUT2D eigenvalue weighted by Gasteiger charge is 2.44. The summed E-state index contributed by atoms with van der Waals surface area (Å²) in [5.41, 5.74) is 0. The fourth-order valence-corrected chi connectivity index (χ4v) is 6.89. The van der Waals surface area contributed by atoms with Gasteiger partial charge in [0.1, 0.15) is 30.5 Å². The average molecular weight is 757 g/mol. The molecule has 9 heteroatoms. The number of hydrogen-bond donors (Lipinski definition) is 4. The molecule has 9 nitrogen and oxygen atoms in total. The van der Waals surface area contributed by atoms with Gasteiger partial charge >= 0.3 is 5.97 Å². The van der Waals surface area contributed by atoms with Crippen LogP contribution in [0.2, 0.25) is 0 Å². The molecule has 0 bridgehead atoms. The van der Waals surface area contributed by atoms with Gasteiger partial charge in [-0.1, -0.05) is 174 Å². The highest BCUT2D eigenvalue weighted by atomic mass is 16.7. The quantitative estimate of drug-likeness (QED) is 0.0276. The molecule has 1 aliphatic rings. The Kier molecular flexibility index (Phi) is 34.5. The van der Waals surface area contributed by atoms with Crippen molar-refractivity contribution in [3.63, 3.8) is 0 Å². The molecule has 0 radical (unpaired) electrons. The van der Waals surface area contributed by atoms with Crippen LogP contribution in [0, 0.1) is 0 Å². The lowest BCUT2D eigenvalue weighted by Crippen LogP contribution is -2.59. The average Bonchev–Trinajstić information content (AvgIpc) is 3.16. The summed E-state index contributed by atoms with van der Waals surface area (Å²) in [5, 5.41) is 40.0. The first kappa shape index (κ1) is 49.9. The molecular weight excluding hydrogens is 672 g/mol. The smallest absolute Gasteiger partial charge is 0.306 e. The molecule has 6 atom stereocenters. The van der Waals surface area contributed by atoms with E-state index < -0.39 is 43.4 Å². The number of aliphatic hydroxyl groups excluding tert-OH is 4. The molecule has 0 saturated carbocycles. The summed E-state index contributed by atoms with van der Waals surface area (Å²) in [6.45, 7) is 4.54. The van der Waals surface area contributed by atoms with Crippen LogP contribution in [0.4, 0.5) is 0 Å². The Hall–Kier alpha value is -1.07. The molecule has 1 heterocycles. The Labute approximate surface area is 325 Å². The van der Waals surface area contributed by atoms with E-state index in [0.29, 0.717) is 13.0 Å². The summed E-state index contributed by atoms with van der Waals surface area (Å²) in [6, 6.07) is 0. The normalized spacial score (nSPS) is 21.1. The third-order valence-electron chi connectivity index (χ3n) is 10.4. The van der Waals surface area contributed by atoms with Crippen LogP contribution in [-0.4, -0.2) is 89.6 Å². The number of carbonyl (C=O) groups excluding carboxylic acids is 1. The van der Waals surface area contributed by atoms with Crippen molar-refractivity contribution in [2.75, 3.05) is 26.4 Å². The zero-order valence-corrected chi connectivity index (χ0v) is 34.3. The van der Waals surface area contributed by atoms with Crippen LogP contribution in [0.15, 0.2) is 12.2 Å². The summed E-state index contributed by atoms with van der Waals surface area (Å²) in [4.78, 5) is 12.8. The highest BCUT2D eigenvalue weighted by Crippen LogP contribution is 2.23. The van der Waals surface area contributed by atoms with Gasteiger partial charge in [0.2, 0.25) is 0 Å². The Balaban J connectivity index is 2.24. The van der Waals surface area contributed by atoms with Gasteiger partial charge in [0, 0.05) is 13.0 Å². The predicted octanol–water partition coefficient (Wildman–Crippen LogP) is 9.64.